The molecule has 1 N–H and O–H groups in total. The lowest BCUT2D eigenvalue weighted by Gasteiger charge is -2.36. The number of aliphatic hydroxyl groups is 1. The van der Waals surface area contributed by atoms with E-state index in [1.807, 2.05) is 46.8 Å². The number of ether oxygens (including phenoxy) is 1. The number of hydrogen-bond acceptors (Lipinski definition) is 5. The maximum atomic E-state index is 12.6. The fraction of sp³-hybridized carbons (Fsp3) is 0.571. The Hall–Kier alpha value is -2.26. The van der Waals surface area contributed by atoms with Crippen LogP contribution in [0.15, 0.2) is 36.4 Å². The van der Waals surface area contributed by atoms with E-state index in [1.165, 1.54) is 13.0 Å². The summed E-state index contributed by atoms with van der Waals surface area (Å²) in [6.07, 6.45) is 2.36. The van der Waals surface area contributed by atoms with Crippen molar-refractivity contribution in [2.45, 2.75) is 84.8 Å². The van der Waals surface area contributed by atoms with Crippen LogP contribution in [-0.4, -0.2) is 31.2 Å². The summed E-state index contributed by atoms with van der Waals surface area (Å²) >= 11 is 0. The van der Waals surface area contributed by atoms with Gasteiger partial charge in [-0.15, -0.1) is 0 Å². The molecule has 2 aromatic carbocycles. The second-order valence-electron chi connectivity index (χ2n) is 10.3. The van der Waals surface area contributed by atoms with Crippen LogP contribution in [0.25, 0.3) is 0 Å². The zero-order valence-electron chi connectivity index (χ0n) is 22.6. The average molecular weight is 545 g/mol. The summed E-state index contributed by atoms with van der Waals surface area (Å²) in [6, 6.07) is 10.6. The number of hydrogen-bond donors (Lipinski definition) is 1. The monoisotopic (exact) mass is 544 g/mol. The Morgan fingerprint density at radius 1 is 0.919 bits per heavy atom. The van der Waals surface area contributed by atoms with Gasteiger partial charge in [0.1, 0.15) is 23.7 Å². The molecule has 0 aliphatic carbocycles. The van der Waals surface area contributed by atoms with E-state index in [1.54, 1.807) is 12.1 Å². The molecule has 0 aliphatic rings. The van der Waals surface area contributed by atoms with Crippen LogP contribution >= 0.6 is 0 Å². The lowest BCUT2D eigenvalue weighted by atomic mass is 9.81. The number of aryl methyl sites for hydroxylation is 3. The number of rotatable bonds is 12. The summed E-state index contributed by atoms with van der Waals surface area (Å²) in [7, 11) is -5.70. The predicted molar refractivity (Wildman–Crippen MR) is 139 cm³/mol. The summed E-state index contributed by atoms with van der Waals surface area (Å²) in [5.41, 5.74) is -3.07. The Morgan fingerprint density at radius 3 is 1.97 bits per heavy atom. The molecule has 1 unspecified atom stereocenters. The third-order valence-corrected chi connectivity index (χ3v) is 8.09. The van der Waals surface area contributed by atoms with Crippen molar-refractivity contribution in [3.63, 3.8) is 0 Å². The van der Waals surface area contributed by atoms with Crippen LogP contribution in [0.1, 0.15) is 75.6 Å². The molecule has 0 bridgehead atoms. The Balaban J connectivity index is 2.09. The molecule has 1 atom stereocenters. The van der Waals surface area contributed by atoms with Crippen LogP contribution in [-0.2, 0) is 16.5 Å². The molecule has 37 heavy (non-hydrogen) atoms. The molecule has 0 amide bonds. The average Bonchev–Trinajstić information content (AvgIpc) is 2.79. The van der Waals surface area contributed by atoms with Gasteiger partial charge in [-0.05, 0) is 85.3 Å². The highest BCUT2D eigenvalue weighted by Gasteiger charge is 2.48. The van der Waals surface area contributed by atoms with Gasteiger partial charge in [0.15, 0.2) is 0 Å². The van der Waals surface area contributed by atoms with E-state index in [0.717, 1.165) is 35.3 Å². The SMILES string of the molecule is CCC(CCc1ccc(OS(=O)(=O)C(F)(F)F)c(C)c1)c1ccc(OCC(O)(C(C)C)C(C)C)c(C)c1. The van der Waals surface area contributed by atoms with Crippen molar-refractivity contribution in [3.05, 3.63) is 58.7 Å². The fourth-order valence-corrected chi connectivity index (χ4v) is 4.87. The second kappa shape index (κ2) is 12.1. The van der Waals surface area contributed by atoms with Crippen molar-refractivity contribution >= 4 is 10.1 Å². The van der Waals surface area contributed by atoms with Crippen LogP contribution in [0, 0.1) is 25.7 Å². The zero-order valence-corrected chi connectivity index (χ0v) is 23.5. The molecule has 0 spiro atoms. The lowest BCUT2D eigenvalue weighted by molar-refractivity contribution is -0.0786. The van der Waals surface area contributed by atoms with E-state index in [2.05, 4.69) is 17.2 Å². The highest BCUT2D eigenvalue weighted by atomic mass is 32.2. The third kappa shape index (κ3) is 7.63. The molecule has 5 nitrogen and oxygen atoms in total. The third-order valence-electron chi connectivity index (χ3n) is 7.13. The summed E-state index contributed by atoms with van der Waals surface area (Å²) in [6.45, 7) is 13.7. The Labute approximate surface area is 219 Å². The van der Waals surface area contributed by atoms with Crippen molar-refractivity contribution in [2.75, 3.05) is 6.61 Å². The molecule has 208 valence electrons. The minimum atomic E-state index is -5.70. The molecule has 2 rings (SSSR count). The van der Waals surface area contributed by atoms with E-state index >= 15 is 0 Å². The maximum absolute atomic E-state index is 12.6. The van der Waals surface area contributed by atoms with Gasteiger partial charge in [-0.1, -0.05) is 58.9 Å². The smallest absolute Gasteiger partial charge is 0.490 e. The molecular formula is C28H39F3O5S. The molecule has 0 aromatic heterocycles. The highest BCUT2D eigenvalue weighted by Crippen LogP contribution is 2.33. The quantitative estimate of drug-likeness (QED) is 0.228. The van der Waals surface area contributed by atoms with Gasteiger partial charge in [-0.3, -0.25) is 0 Å². The predicted octanol–water partition coefficient (Wildman–Crippen LogP) is 7.08. The first kappa shape index (κ1) is 31.0. The van der Waals surface area contributed by atoms with Gasteiger partial charge >= 0.3 is 15.6 Å². The van der Waals surface area contributed by atoms with Gasteiger partial charge in [0.2, 0.25) is 0 Å². The minimum Gasteiger partial charge on any atom is -0.490 e. The molecule has 0 aliphatic heterocycles. The van der Waals surface area contributed by atoms with Gasteiger partial charge in [-0.2, -0.15) is 21.6 Å². The molecule has 9 heteroatoms. The van der Waals surface area contributed by atoms with Gasteiger partial charge in [0, 0.05) is 0 Å². The van der Waals surface area contributed by atoms with Crippen LogP contribution in [0.4, 0.5) is 13.2 Å². The second-order valence-corrected chi connectivity index (χ2v) is 11.9. The summed E-state index contributed by atoms with van der Waals surface area (Å²) in [5.74, 6) is 0.752. The molecule has 0 heterocycles. The Bertz CT molecular complexity index is 1150. The van der Waals surface area contributed by atoms with Gasteiger partial charge in [0.25, 0.3) is 0 Å². The minimum absolute atomic E-state index is 0.0508. The standard InChI is InChI=1S/C28H39F3O5S/c1-8-23(11-9-22-10-13-26(20(6)15-22)36-37(33,34)28(29,30)31)24-12-14-25(21(7)16-24)35-17-27(32,18(2)3)19(4)5/h10,12-16,18-19,23,32H,8-9,11,17H2,1-7H3. The van der Waals surface area contributed by atoms with Gasteiger partial charge < -0.3 is 14.0 Å². The van der Waals surface area contributed by atoms with Crippen molar-refractivity contribution in [3.8, 4) is 11.5 Å². The molecule has 0 radical (unpaired) electrons. The molecule has 0 saturated carbocycles. The van der Waals surface area contributed by atoms with E-state index in [4.69, 9.17) is 4.74 Å². The fourth-order valence-electron chi connectivity index (χ4n) is 4.36. The molecule has 0 fully saturated rings. The highest BCUT2D eigenvalue weighted by molar-refractivity contribution is 7.88. The molecular weight excluding hydrogens is 505 g/mol. The Kier molecular flexibility index (Phi) is 10.1. The largest absolute Gasteiger partial charge is 0.534 e. The molecule has 2 aromatic rings. The lowest BCUT2D eigenvalue weighted by Crippen LogP contribution is -2.46. The number of benzene rings is 2. The van der Waals surface area contributed by atoms with E-state index in [-0.39, 0.29) is 30.1 Å². The van der Waals surface area contributed by atoms with Crippen LogP contribution in [0.3, 0.4) is 0 Å². The normalized spacial score (nSPS) is 13.8. The van der Waals surface area contributed by atoms with Crippen LogP contribution in [0.2, 0.25) is 0 Å². The topological polar surface area (TPSA) is 72.8 Å². The van der Waals surface area contributed by atoms with Crippen molar-refractivity contribution in [2.24, 2.45) is 11.8 Å². The van der Waals surface area contributed by atoms with Crippen LogP contribution in [0.5, 0.6) is 11.5 Å². The number of alkyl halides is 3. The van der Waals surface area contributed by atoms with Crippen molar-refractivity contribution in [1.29, 1.82) is 0 Å². The van der Waals surface area contributed by atoms with Crippen molar-refractivity contribution < 1.29 is 35.6 Å². The summed E-state index contributed by atoms with van der Waals surface area (Å²) < 4.78 is 70.8. The summed E-state index contributed by atoms with van der Waals surface area (Å²) in [5, 5.41) is 11.0. The first-order valence-corrected chi connectivity index (χ1v) is 14.0. The first-order valence-electron chi connectivity index (χ1n) is 12.6. The van der Waals surface area contributed by atoms with E-state index < -0.39 is 21.2 Å². The Morgan fingerprint density at radius 2 is 1.49 bits per heavy atom. The van der Waals surface area contributed by atoms with Gasteiger partial charge in [0.05, 0.1) is 0 Å². The zero-order chi connectivity index (χ0) is 28.2. The van der Waals surface area contributed by atoms with E-state index in [9.17, 15) is 26.7 Å². The maximum Gasteiger partial charge on any atom is 0.534 e. The summed E-state index contributed by atoms with van der Waals surface area (Å²) in [4.78, 5) is 0. The molecule has 0 saturated heterocycles. The van der Waals surface area contributed by atoms with Gasteiger partial charge in [-0.25, -0.2) is 0 Å². The van der Waals surface area contributed by atoms with E-state index in [0.29, 0.717) is 12.0 Å². The first-order chi connectivity index (χ1) is 17.0. The van der Waals surface area contributed by atoms with Crippen LogP contribution < -0.4 is 8.92 Å². The number of halogens is 3. The van der Waals surface area contributed by atoms with Crippen molar-refractivity contribution in [1.82, 2.24) is 0 Å².